The van der Waals surface area contributed by atoms with Gasteiger partial charge in [0.05, 0.1) is 11.0 Å². The molecule has 3 nitrogen and oxygen atoms in total. The highest BCUT2D eigenvalue weighted by Crippen LogP contribution is 2.16. The number of benzene rings is 2. The van der Waals surface area contributed by atoms with Crippen molar-refractivity contribution in [1.29, 1.82) is 0 Å². The van der Waals surface area contributed by atoms with E-state index in [1.54, 1.807) is 12.4 Å². The summed E-state index contributed by atoms with van der Waals surface area (Å²) in [6.07, 6.45) is 4.49. The van der Waals surface area contributed by atoms with Crippen molar-refractivity contribution in [3.05, 3.63) is 72.1 Å². The van der Waals surface area contributed by atoms with Crippen molar-refractivity contribution in [3.8, 4) is 0 Å². The monoisotopic (exact) mass is 262 g/mol. The molecule has 98 valence electrons. The maximum absolute atomic E-state index is 12.4. The van der Waals surface area contributed by atoms with Crippen LogP contribution in [0, 0.1) is 0 Å². The van der Waals surface area contributed by atoms with Crippen molar-refractivity contribution in [2.24, 2.45) is 0 Å². The second-order valence-electron chi connectivity index (χ2n) is 4.64. The number of fused-ring (bicyclic) bond motifs is 1. The van der Waals surface area contributed by atoms with Gasteiger partial charge in [0.2, 0.25) is 0 Å². The minimum Gasteiger partial charge on any atom is -0.294 e. The molecule has 1 heterocycles. The van der Waals surface area contributed by atoms with Gasteiger partial charge in [-0.25, -0.2) is 0 Å². The van der Waals surface area contributed by atoms with Crippen molar-refractivity contribution in [2.45, 2.75) is 12.8 Å². The molecule has 3 rings (SSSR count). The van der Waals surface area contributed by atoms with E-state index in [-0.39, 0.29) is 5.78 Å². The zero-order valence-electron chi connectivity index (χ0n) is 11.0. The summed E-state index contributed by atoms with van der Waals surface area (Å²) in [5, 5.41) is 0. The third-order valence-corrected chi connectivity index (χ3v) is 3.28. The van der Waals surface area contributed by atoms with Crippen molar-refractivity contribution in [2.75, 3.05) is 0 Å². The normalized spacial score (nSPS) is 10.6. The van der Waals surface area contributed by atoms with Crippen LogP contribution in [-0.2, 0) is 6.42 Å². The van der Waals surface area contributed by atoms with Gasteiger partial charge in [0.1, 0.15) is 0 Å². The quantitative estimate of drug-likeness (QED) is 0.676. The van der Waals surface area contributed by atoms with Crippen LogP contribution < -0.4 is 0 Å². The minimum absolute atomic E-state index is 0.111. The molecule has 0 aliphatic heterocycles. The van der Waals surface area contributed by atoms with Crippen molar-refractivity contribution >= 4 is 16.8 Å². The van der Waals surface area contributed by atoms with Gasteiger partial charge in [-0.1, -0.05) is 36.4 Å². The Hall–Kier alpha value is -2.55. The number of para-hydroxylation sites is 1. The molecule has 0 N–H and O–H groups in total. The summed E-state index contributed by atoms with van der Waals surface area (Å²) >= 11 is 0. The highest BCUT2D eigenvalue weighted by Gasteiger charge is 2.11. The van der Waals surface area contributed by atoms with Gasteiger partial charge >= 0.3 is 0 Å². The molecule has 3 heteroatoms. The molecule has 0 amide bonds. The van der Waals surface area contributed by atoms with Crippen molar-refractivity contribution in [3.63, 3.8) is 0 Å². The topological polar surface area (TPSA) is 42.9 Å². The molecule has 0 saturated heterocycles. The van der Waals surface area contributed by atoms with Gasteiger partial charge in [-0.2, -0.15) is 0 Å². The average Bonchev–Trinajstić information content (AvgIpc) is 2.53. The molecule has 1 aromatic heterocycles. The van der Waals surface area contributed by atoms with Crippen LogP contribution in [-0.4, -0.2) is 15.8 Å². The summed E-state index contributed by atoms with van der Waals surface area (Å²) in [4.78, 5) is 20.9. The van der Waals surface area contributed by atoms with E-state index in [1.165, 1.54) is 5.56 Å². The Morgan fingerprint density at radius 3 is 2.55 bits per heavy atom. The number of Topliss-reactive ketones (excluding diaryl/α,β-unsaturated/α-hetero) is 1. The Morgan fingerprint density at radius 2 is 1.70 bits per heavy atom. The summed E-state index contributed by atoms with van der Waals surface area (Å²) in [6.45, 7) is 0. The minimum atomic E-state index is 0.111. The van der Waals surface area contributed by atoms with Crippen LogP contribution in [0.1, 0.15) is 22.3 Å². The van der Waals surface area contributed by atoms with Crippen LogP contribution in [0.4, 0.5) is 0 Å². The summed E-state index contributed by atoms with van der Waals surface area (Å²) in [6, 6.07) is 15.6. The van der Waals surface area contributed by atoms with Gasteiger partial charge in [-0.15, -0.1) is 0 Å². The first-order chi connectivity index (χ1) is 9.84. The number of aromatic nitrogens is 2. The molecule has 0 aliphatic rings. The molecule has 20 heavy (non-hydrogen) atoms. The summed E-state index contributed by atoms with van der Waals surface area (Å²) in [5.74, 6) is 0.111. The first-order valence-electron chi connectivity index (χ1n) is 6.61. The molecule has 3 aromatic rings. The van der Waals surface area contributed by atoms with E-state index in [4.69, 9.17) is 0 Å². The van der Waals surface area contributed by atoms with Crippen LogP contribution in [0.5, 0.6) is 0 Å². The number of carbonyl (C=O) groups is 1. The molecule has 2 aromatic carbocycles. The lowest BCUT2D eigenvalue weighted by Gasteiger charge is -2.04. The highest BCUT2D eigenvalue weighted by molar-refractivity contribution is 6.05. The molecular formula is C17H14N2O. The fourth-order valence-electron chi connectivity index (χ4n) is 2.25. The smallest absolute Gasteiger partial charge is 0.165 e. The van der Waals surface area contributed by atoms with Crippen LogP contribution in [0.3, 0.4) is 0 Å². The van der Waals surface area contributed by atoms with Crippen LogP contribution in [0.15, 0.2) is 60.9 Å². The Bertz CT molecular complexity index is 733. The molecule has 0 atom stereocenters. The van der Waals surface area contributed by atoms with Gasteiger partial charge in [-0.3, -0.25) is 14.8 Å². The highest BCUT2D eigenvalue weighted by atomic mass is 16.1. The maximum Gasteiger partial charge on any atom is 0.165 e. The molecule has 0 fully saturated rings. The van der Waals surface area contributed by atoms with Gasteiger partial charge < -0.3 is 0 Å². The summed E-state index contributed by atoms with van der Waals surface area (Å²) in [7, 11) is 0. The molecule has 0 radical (unpaired) electrons. The number of nitrogens with zero attached hydrogens (tertiary/aromatic N) is 2. The van der Waals surface area contributed by atoms with Crippen LogP contribution in [0.2, 0.25) is 0 Å². The van der Waals surface area contributed by atoms with Gasteiger partial charge in [0, 0.05) is 24.4 Å². The van der Waals surface area contributed by atoms with E-state index in [2.05, 4.69) is 9.97 Å². The van der Waals surface area contributed by atoms with E-state index < -0.39 is 0 Å². The number of ketones is 1. The molecule has 0 saturated carbocycles. The van der Waals surface area contributed by atoms with E-state index in [9.17, 15) is 4.79 Å². The standard InChI is InChI=1S/C17H14N2O/c20-16(10-9-13-5-2-1-3-6-13)14-7-4-8-15-17(14)19-12-11-18-15/h1-8,11-12H,9-10H2. The largest absolute Gasteiger partial charge is 0.294 e. The molecule has 0 unspecified atom stereocenters. The Morgan fingerprint density at radius 1 is 0.900 bits per heavy atom. The lowest BCUT2D eigenvalue weighted by Crippen LogP contribution is -2.03. The second-order valence-corrected chi connectivity index (χ2v) is 4.64. The fourth-order valence-corrected chi connectivity index (χ4v) is 2.25. The van der Waals surface area contributed by atoms with E-state index >= 15 is 0 Å². The predicted molar refractivity (Wildman–Crippen MR) is 78.6 cm³/mol. The van der Waals surface area contributed by atoms with E-state index in [1.807, 2.05) is 48.5 Å². The number of rotatable bonds is 4. The van der Waals surface area contributed by atoms with Gasteiger partial charge in [0.25, 0.3) is 0 Å². The molecule has 0 aliphatic carbocycles. The third kappa shape index (κ3) is 2.57. The lowest BCUT2D eigenvalue weighted by molar-refractivity contribution is 0.0984. The first kappa shape index (κ1) is 12.5. The molecule has 0 bridgehead atoms. The maximum atomic E-state index is 12.4. The Labute approximate surface area is 117 Å². The zero-order valence-corrected chi connectivity index (χ0v) is 11.0. The number of hydrogen-bond acceptors (Lipinski definition) is 3. The SMILES string of the molecule is O=C(CCc1ccccc1)c1cccc2nccnc12. The van der Waals surface area contributed by atoms with Gasteiger partial charge in [0.15, 0.2) is 5.78 Å². The second kappa shape index (κ2) is 5.61. The zero-order chi connectivity index (χ0) is 13.8. The Balaban J connectivity index is 1.82. The average molecular weight is 262 g/mol. The molecule has 0 spiro atoms. The van der Waals surface area contributed by atoms with Crippen LogP contribution >= 0.6 is 0 Å². The number of aryl methyl sites for hydroxylation is 1. The fraction of sp³-hybridized carbons (Fsp3) is 0.118. The van der Waals surface area contributed by atoms with Crippen LogP contribution in [0.25, 0.3) is 11.0 Å². The van der Waals surface area contributed by atoms with E-state index in [0.717, 1.165) is 11.9 Å². The predicted octanol–water partition coefficient (Wildman–Crippen LogP) is 3.45. The summed E-state index contributed by atoms with van der Waals surface area (Å²) < 4.78 is 0. The summed E-state index contributed by atoms with van der Waals surface area (Å²) in [5.41, 5.74) is 3.28. The van der Waals surface area contributed by atoms with Crippen molar-refractivity contribution in [1.82, 2.24) is 9.97 Å². The van der Waals surface area contributed by atoms with Crippen molar-refractivity contribution < 1.29 is 4.79 Å². The van der Waals surface area contributed by atoms with E-state index in [0.29, 0.717) is 17.5 Å². The first-order valence-corrected chi connectivity index (χ1v) is 6.61. The Kier molecular flexibility index (Phi) is 3.50. The number of hydrogen-bond donors (Lipinski definition) is 0. The number of carbonyl (C=O) groups excluding carboxylic acids is 1. The third-order valence-electron chi connectivity index (χ3n) is 3.28. The van der Waals surface area contributed by atoms with Gasteiger partial charge in [-0.05, 0) is 24.1 Å². The molecular weight excluding hydrogens is 248 g/mol. The lowest BCUT2D eigenvalue weighted by atomic mass is 10.0.